The molecule has 1 saturated carbocycles. The number of carbonyl (C=O) groups excluding carboxylic acids is 2. The Morgan fingerprint density at radius 3 is 2.03 bits per heavy atom. The quantitative estimate of drug-likeness (QED) is 0.0727. The highest BCUT2D eigenvalue weighted by atomic mass is 80.0. The Morgan fingerprint density at radius 2 is 1.52 bits per heavy atom. The number of pyridine rings is 3. The van der Waals surface area contributed by atoms with Crippen molar-refractivity contribution in [1.29, 1.82) is 0 Å². The molecule has 0 radical (unpaired) electrons. The van der Waals surface area contributed by atoms with E-state index < -0.39 is 25.2 Å². The number of nitrogens with zero attached hydrogens (tertiary/aromatic N) is 10. The molecule has 0 bridgehead atoms. The van der Waals surface area contributed by atoms with Crippen LogP contribution in [0.2, 0.25) is 0 Å². The average molecular weight is 1270 g/mol. The van der Waals surface area contributed by atoms with Crippen LogP contribution in [0.25, 0.3) is 37.7 Å². The standard InChI is InChI=1S/C25H22F2N6OS.C8H4BrN3.C6H5N3.C3H5BrO2.Br3OP/c1-24(20-11-25(20,22(34)32(3)4)35-23(28)31-24)16-9-14(5-7-17(16)26)10-18(27)19-13-33-12-15(29-2)6-8-21(33)30-19;1-10-6-2-3-8-11-7(9)5-12(8)4-6;1-8-5-2-3-6(7)9-4-5;1-6-3(5)2-4;1-5(2,3)4/h5-10,12-13,20H,11H2,1,3-4H3,(H2,28,31);2-5H;2-4H,(H2,7,9);2H2,1H3;/b18-10-;;;;/t20?,24-,25+;;;;/m1..../s1. The van der Waals surface area contributed by atoms with Gasteiger partial charge in [0, 0.05) is 103 Å². The van der Waals surface area contributed by atoms with Gasteiger partial charge in [-0.25, -0.2) is 33.3 Å². The molecule has 348 valence electrons. The average Bonchev–Trinajstić information content (AvgIpc) is 3.69. The molecule has 16 nitrogen and oxygen atoms in total. The SMILES string of the molecule is COC(=O)CBr.O=P(Br)(Br)Br.[C-]#[N+]c1ccc(N)nc1.[C-]#[N+]c1ccc2nc(/C(F)=C/c3ccc(F)c([C@@]4(C)N=C(N)S[C@@]5(C(=O)N(C)C)CC54)c3)cn2c1.[C-]#[N+]c1ccc2nc(Br)cn2c1. The summed E-state index contributed by atoms with van der Waals surface area (Å²) in [6.07, 6.45) is 9.89. The third-order valence-electron chi connectivity index (χ3n) is 9.40. The van der Waals surface area contributed by atoms with Gasteiger partial charge >= 0.3 is 5.97 Å². The van der Waals surface area contributed by atoms with Crippen LogP contribution in [0.3, 0.4) is 0 Å². The van der Waals surface area contributed by atoms with Crippen molar-refractivity contribution >= 4 is 156 Å². The Bertz CT molecular complexity index is 3030. The number of aliphatic imine (C=N–C) groups is 1. The topological polar surface area (TPSA) is 189 Å². The summed E-state index contributed by atoms with van der Waals surface area (Å²) in [4.78, 5) is 50.9. The number of nitrogens with two attached hydrogens (primary N) is 2. The molecule has 1 aromatic carbocycles. The lowest BCUT2D eigenvalue weighted by molar-refractivity contribution is -0.137. The molecule has 4 N–H and O–H groups in total. The molecule has 1 aliphatic carbocycles. The molecule has 0 saturated heterocycles. The van der Waals surface area contributed by atoms with E-state index in [1.54, 1.807) is 74.2 Å². The van der Waals surface area contributed by atoms with E-state index in [1.165, 1.54) is 54.4 Å². The summed E-state index contributed by atoms with van der Waals surface area (Å²) in [7, 11) is 4.72. The minimum Gasteiger partial charge on any atom is -0.468 e. The predicted molar refractivity (Wildman–Crippen MR) is 277 cm³/mol. The first kappa shape index (κ1) is 54.6. The first-order chi connectivity index (χ1) is 31.5. The smallest absolute Gasteiger partial charge is 0.316 e. The molecule has 25 heteroatoms. The molecule has 1 fully saturated rings. The van der Waals surface area contributed by atoms with Crippen LogP contribution in [0.4, 0.5) is 31.7 Å². The number of aromatic nitrogens is 5. The molecule has 1 amide bonds. The van der Waals surface area contributed by atoms with E-state index in [2.05, 4.69) is 118 Å². The molecular weight excluding hydrogens is 1240 g/mol. The number of hydrogen-bond acceptors (Lipinski definition) is 11. The summed E-state index contributed by atoms with van der Waals surface area (Å²) in [5.74, 6) is -1.21. The Hall–Kier alpha value is -4.99. The number of carbonyl (C=O) groups is 2. The van der Waals surface area contributed by atoms with E-state index in [4.69, 9.17) is 31.2 Å². The Balaban J connectivity index is 0.000000246. The molecule has 0 spiro atoms. The van der Waals surface area contributed by atoms with Gasteiger partial charge in [-0.05, 0) is 71.2 Å². The zero-order chi connectivity index (χ0) is 49.9. The first-order valence-electron chi connectivity index (χ1n) is 18.7. The maximum atomic E-state index is 15.1. The molecule has 1 unspecified atom stereocenters. The number of fused-ring (bicyclic) bond motifs is 3. The highest BCUT2D eigenvalue weighted by Crippen LogP contribution is 2.68. The van der Waals surface area contributed by atoms with E-state index in [9.17, 15) is 14.2 Å². The normalized spacial score (nSPS) is 17.8. The fourth-order valence-electron chi connectivity index (χ4n) is 6.37. The van der Waals surface area contributed by atoms with Gasteiger partial charge in [0.2, 0.25) is 23.0 Å². The van der Waals surface area contributed by atoms with Crippen molar-refractivity contribution in [3.05, 3.63) is 147 Å². The number of imidazole rings is 2. The minimum atomic E-state index is -2.20. The molecular formula is C42H36Br5F2N12O4PS. The van der Waals surface area contributed by atoms with Crippen molar-refractivity contribution in [3.63, 3.8) is 0 Å². The Labute approximate surface area is 429 Å². The number of ether oxygens (including phenoxy) is 1. The zero-order valence-corrected chi connectivity index (χ0v) is 45.1. The highest BCUT2D eigenvalue weighted by molar-refractivity contribution is 9.94. The maximum absolute atomic E-state index is 15.1. The fraction of sp³-hybridized carbons (Fsp3) is 0.214. The van der Waals surface area contributed by atoms with Crippen LogP contribution in [-0.4, -0.2) is 77.0 Å². The van der Waals surface area contributed by atoms with Crippen LogP contribution >= 0.6 is 93.3 Å². The van der Waals surface area contributed by atoms with Crippen LogP contribution in [0.5, 0.6) is 0 Å². The van der Waals surface area contributed by atoms with Gasteiger partial charge in [0.25, 0.3) is 3.25 Å². The van der Waals surface area contributed by atoms with Gasteiger partial charge in [0.1, 0.15) is 43.3 Å². The van der Waals surface area contributed by atoms with E-state index in [1.807, 2.05) is 16.7 Å². The highest BCUT2D eigenvalue weighted by Gasteiger charge is 2.71. The second-order valence-electron chi connectivity index (χ2n) is 14.2. The second kappa shape index (κ2) is 23.8. The van der Waals surface area contributed by atoms with Crippen molar-refractivity contribution in [2.45, 2.75) is 23.6 Å². The number of hydrogen-bond donors (Lipinski definition) is 2. The molecule has 8 rings (SSSR count). The Morgan fingerprint density at radius 1 is 0.955 bits per heavy atom. The van der Waals surface area contributed by atoms with E-state index in [0.29, 0.717) is 40.5 Å². The number of esters is 1. The van der Waals surface area contributed by atoms with Crippen molar-refractivity contribution in [3.8, 4) is 0 Å². The number of rotatable bonds is 5. The molecule has 6 heterocycles. The molecule has 67 heavy (non-hydrogen) atoms. The first-order valence-corrected chi connectivity index (χ1v) is 29.2. The van der Waals surface area contributed by atoms with Gasteiger partial charge in [0.15, 0.2) is 11.0 Å². The van der Waals surface area contributed by atoms with Crippen molar-refractivity contribution in [2.24, 2.45) is 16.6 Å². The molecule has 3 atom stereocenters. The van der Waals surface area contributed by atoms with Crippen LogP contribution in [0, 0.1) is 31.5 Å². The third kappa shape index (κ3) is 15.0. The number of nitrogen functional groups attached to an aromatic ring is 1. The van der Waals surface area contributed by atoms with E-state index in [0.717, 1.165) is 10.3 Å². The number of amides is 1. The number of amidine groups is 1. The fourth-order valence-corrected chi connectivity index (χ4v) is 8.50. The monoisotopic (exact) mass is 1270 g/mol. The summed E-state index contributed by atoms with van der Waals surface area (Å²) >= 11 is 15.7. The second-order valence-corrected chi connectivity index (χ2v) is 35.2. The molecule has 1 aliphatic heterocycles. The zero-order valence-electron chi connectivity index (χ0n) is 35.4. The van der Waals surface area contributed by atoms with E-state index >= 15 is 8.78 Å². The molecule has 5 aromatic heterocycles. The van der Waals surface area contributed by atoms with Gasteiger partial charge in [0.05, 0.1) is 32.4 Å². The van der Waals surface area contributed by atoms with Gasteiger partial charge in [-0.15, -0.1) is 0 Å². The summed E-state index contributed by atoms with van der Waals surface area (Å²) in [6.45, 7) is 22.3. The lowest BCUT2D eigenvalue weighted by Crippen LogP contribution is -2.43. The predicted octanol–water partition coefficient (Wildman–Crippen LogP) is 12.3. The number of anilines is 1. The molecule has 2 aliphatic rings. The summed E-state index contributed by atoms with van der Waals surface area (Å²) in [5, 5.41) is 0.509. The summed E-state index contributed by atoms with van der Waals surface area (Å²) in [6, 6.07) is 14.4. The van der Waals surface area contributed by atoms with Crippen LogP contribution < -0.4 is 11.5 Å². The molecule has 6 aromatic rings. The van der Waals surface area contributed by atoms with Crippen molar-refractivity contribution in [1.82, 2.24) is 28.7 Å². The number of benzene rings is 1. The number of methoxy groups -OCH3 is 1. The minimum absolute atomic E-state index is 0.0766. The van der Waals surface area contributed by atoms with E-state index in [-0.39, 0.29) is 39.5 Å². The van der Waals surface area contributed by atoms with Crippen LogP contribution in [-0.2, 0) is 24.4 Å². The van der Waals surface area contributed by atoms with Crippen LogP contribution in [0.15, 0.2) is 95.2 Å². The van der Waals surface area contributed by atoms with Gasteiger partial charge in [-0.2, -0.15) is 0 Å². The lowest BCUT2D eigenvalue weighted by atomic mass is 9.84. The van der Waals surface area contributed by atoms with Crippen molar-refractivity contribution in [2.75, 3.05) is 32.3 Å². The third-order valence-corrected chi connectivity index (χ3v) is 11.5. The van der Waals surface area contributed by atoms with Gasteiger partial charge < -0.3 is 29.9 Å². The van der Waals surface area contributed by atoms with Crippen molar-refractivity contribution < 1.29 is 27.7 Å². The number of alkyl halides is 1. The Kier molecular flexibility index (Phi) is 19.4. The summed E-state index contributed by atoms with van der Waals surface area (Å²) < 4.78 is 45.6. The maximum Gasteiger partial charge on any atom is 0.316 e. The van der Waals surface area contributed by atoms with Gasteiger partial charge in [-0.1, -0.05) is 52.0 Å². The summed E-state index contributed by atoms with van der Waals surface area (Å²) in [5.41, 5.74) is 14.0. The lowest BCUT2D eigenvalue weighted by Gasteiger charge is -2.34. The number of halogens is 7. The van der Waals surface area contributed by atoms with Gasteiger partial charge in [-0.3, -0.25) is 24.1 Å². The van der Waals surface area contributed by atoms with Crippen LogP contribution in [0.1, 0.15) is 30.2 Å². The largest absolute Gasteiger partial charge is 0.468 e. The number of thioether (sulfide) groups is 1.